The van der Waals surface area contributed by atoms with Gasteiger partial charge in [-0.05, 0) is 31.2 Å². The van der Waals surface area contributed by atoms with Crippen molar-refractivity contribution in [2.75, 3.05) is 13.1 Å². The van der Waals surface area contributed by atoms with E-state index in [2.05, 4.69) is 36.1 Å². The van der Waals surface area contributed by atoms with E-state index in [0.29, 0.717) is 5.84 Å². The van der Waals surface area contributed by atoms with Crippen molar-refractivity contribution in [3.05, 3.63) is 35.4 Å². The molecule has 0 atom stereocenters. The summed E-state index contributed by atoms with van der Waals surface area (Å²) in [6.07, 6.45) is 4.85. The third kappa shape index (κ3) is 2.43. The number of benzene rings is 1. The molecule has 0 radical (unpaired) electrons. The normalized spacial score (nSPS) is 16.2. The van der Waals surface area contributed by atoms with Crippen LogP contribution in [0.15, 0.2) is 24.3 Å². The summed E-state index contributed by atoms with van der Waals surface area (Å²) in [6.45, 7) is 4.26. The molecule has 0 unspecified atom stereocenters. The zero-order valence-corrected chi connectivity index (χ0v) is 10.00. The van der Waals surface area contributed by atoms with E-state index in [1.807, 2.05) is 0 Å². The van der Waals surface area contributed by atoms with Gasteiger partial charge in [0.15, 0.2) is 0 Å². The molecule has 1 aliphatic rings. The van der Waals surface area contributed by atoms with Crippen LogP contribution in [0.1, 0.15) is 37.3 Å². The predicted molar refractivity (Wildman–Crippen MR) is 68.1 cm³/mol. The van der Waals surface area contributed by atoms with Gasteiger partial charge in [0.2, 0.25) is 0 Å². The standard InChI is InChI=1S/C14H20N2/c1-2-12-6-8-13(9-7-12)14(15)16-10-4-3-5-11-16/h6-9,15H,2-5,10-11H2,1H3. The van der Waals surface area contributed by atoms with E-state index >= 15 is 0 Å². The Labute approximate surface area is 97.8 Å². The first kappa shape index (κ1) is 11.2. The number of amidine groups is 1. The molecule has 0 spiro atoms. The van der Waals surface area contributed by atoms with E-state index in [9.17, 15) is 0 Å². The number of nitrogens with one attached hydrogen (secondary N) is 1. The first-order valence-corrected chi connectivity index (χ1v) is 6.24. The Morgan fingerprint density at radius 1 is 1.12 bits per heavy atom. The van der Waals surface area contributed by atoms with Gasteiger partial charge in [0.1, 0.15) is 5.84 Å². The van der Waals surface area contributed by atoms with Crippen LogP contribution in [-0.4, -0.2) is 23.8 Å². The molecule has 0 saturated carbocycles. The van der Waals surface area contributed by atoms with Gasteiger partial charge in [-0.25, -0.2) is 0 Å². The monoisotopic (exact) mass is 216 g/mol. The number of aryl methyl sites for hydroxylation is 1. The lowest BCUT2D eigenvalue weighted by atomic mass is 10.1. The number of nitrogens with zero attached hydrogens (tertiary/aromatic N) is 1. The number of hydrogen-bond acceptors (Lipinski definition) is 1. The zero-order valence-electron chi connectivity index (χ0n) is 10.00. The molecule has 1 fully saturated rings. The van der Waals surface area contributed by atoms with Gasteiger partial charge in [-0.2, -0.15) is 0 Å². The van der Waals surface area contributed by atoms with Gasteiger partial charge in [0.05, 0.1) is 0 Å². The molecule has 0 bridgehead atoms. The van der Waals surface area contributed by atoms with E-state index in [1.54, 1.807) is 0 Å². The summed E-state index contributed by atoms with van der Waals surface area (Å²) in [6, 6.07) is 8.42. The number of piperidine rings is 1. The van der Waals surface area contributed by atoms with Crippen LogP contribution in [0.2, 0.25) is 0 Å². The SMILES string of the molecule is CCc1ccc(C(=N)N2CCCCC2)cc1. The maximum absolute atomic E-state index is 8.18. The van der Waals surface area contributed by atoms with Crippen LogP contribution in [-0.2, 0) is 6.42 Å². The average molecular weight is 216 g/mol. The van der Waals surface area contributed by atoms with Gasteiger partial charge in [-0.3, -0.25) is 5.41 Å². The fraction of sp³-hybridized carbons (Fsp3) is 0.500. The molecule has 1 aliphatic heterocycles. The highest BCUT2D eigenvalue weighted by Crippen LogP contribution is 2.13. The van der Waals surface area contributed by atoms with Crippen LogP contribution in [0.25, 0.3) is 0 Å². The van der Waals surface area contributed by atoms with E-state index < -0.39 is 0 Å². The summed E-state index contributed by atoms with van der Waals surface area (Å²) >= 11 is 0. The minimum absolute atomic E-state index is 0.697. The molecular formula is C14H20N2. The first-order valence-electron chi connectivity index (χ1n) is 6.24. The highest BCUT2D eigenvalue weighted by Gasteiger charge is 2.14. The quantitative estimate of drug-likeness (QED) is 0.597. The fourth-order valence-corrected chi connectivity index (χ4v) is 2.20. The van der Waals surface area contributed by atoms with Crippen molar-refractivity contribution in [1.29, 1.82) is 5.41 Å². The molecule has 2 rings (SSSR count). The Bertz CT molecular complexity index is 348. The summed E-state index contributed by atoms with van der Waals surface area (Å²) in [7, 11) is 0. The summed E-state index contributed by atoms with van der Waals surface area (Å²) in [5, 5.41) is 8.18. The molecule has 0 aromatic heterocycles. The molecule has 0 amide bonds. The third-order valence-electron chi connectivity index (χ3n) is 3.31. The number of rotatable bonds is 2. The van der Waals surface area contributed by atoms with Gasteiger partial charge in [0.25, 0.3) is 0 Å². The molecule has 1 heterocycles. The largest absolute Gasteiger partial charge is 0.357 e. The molecule has 1 aromatic rings. The number of hydrogen-bond donors (Lipinski definition) is 1. The van der Waals surface area contributed by atoms with E-state index in [0.717, 1.165) is 25.1 Å². The van der Waals surface area contributed by atoms with Crippen LogP contribution >= 0.6 is 0 Å². The lowest BCUT2D eigenvalue weighted by molar-refractivity contribution is 0.341. The molecule has 1 aromatic carbocycles. The first-order chi connectivity index (χ1) is 7.81. The predicted octanol–water partition coefficient (Wildman–Crippen LogP) is 3.06. The highest BCUT2D eigenvalue weighted by molar-refractivity contribution is 5.96. The van der Waals surface area contributed by atoms with Gasteiger partial charge in [-0.1, -0.05) is 31.2 Å². The van der Waals surface area contributed by atoms with Crippen LogP contribution in [0.5, 0.6) is 0 Å². The van der Waals surface area contributed by atoms with Crippen molar-refractivity contribution < 1.29 is 0 Å². The summed E-state index contributed by atoms with van der Waals surface area (Å²) < 4.78 is 0. The average Bonchev–Trinajstić information content (AvgIpc) is 2.39. The zero-order chi connectivity index (χ0) is 11.4. The molecule has 1 N–H and O–H groups in total. The molecule has 2 heteroatoms. The Kier molecular flexibility index (Phi) is 3.60. The maximum Gasteiger partial charge on any atom is 0.128 e. The minimum Gasteiger partial charge on any atom is -0.357 e. The summed E-state index contributed by atoms with van der Waals surface area (Å²) in [5.74, 6) is 0.697. The Morgan fingerprint density at radius 2 is 1.75 bits per heavy atom. The molecule has 86 valence electrons. The highest BCUT2D eigenvalue weighted by atomic mass is 15.2. The lowest BCUT2D eigenvalue weighted by Crippen LogP contribution is -2.35. The maximum atomic E-state index is 8.18. The van der Waals surface area contributed by atoms with Crippen molar-refractivity contribution in [2.24, 2.45) is 0 Å². The lowest BCUT2D eigenvalue weighted by Gasteiger charge is -2.29. The van der Waals surface area contributed by atoms with Crippen LogP contribution < -0.4 is 0 Å². The van der Waals surface area contributed by atoms with Crippen LogP contribution in [0.4, 0.5) is 0 Å². The molecule has 0 aliphatic carbocycles. The Balaban J connectivity index is 2.07. The van der Waals surface area contributed by atoms with Crippen LogP contribution in [0.3, 0.4) is 0 Å². The van der Waals surface area contributed by atoms with Gasteiger partial charge < -0.3 is 4.90 Å². The molecule has 2 nitrogen and oxygen atoms in total. The molecule has 16 heavy (non-hydrogen) atoms. The molecule has 1 saturated heterocycles. The van der Waals surface area contributed by atoms with Gasteiger partial charge >= 0.3 is 0 Å². The van der Waals surface area contributed by atoms with Crippen LogP contribution in [0, 0.1) is 5.41 Å². The summed E-state index contributed by atoms with van der Waals surface area (Å²) in [4.78, 5) is 2.20. The fourth-order valence-electron chi connectivity index (χ4n) is 2.20. The van der Waals surface area contributed by atoms with Gasteiger partial charge in [0, 0.05) is 18.7 Å². The smallest absolute Gasteiger partial charge is 0.128 e. The third-order valence-corrected chi connectivity index (χ3v) is 3.31. The second kappa shape index (κ2) is 5.15. The van der Waals surface area contributed by atoms with E-state index in [1.165, 1.54) is 24.8 Å². The Hall–Kier alpha value is -1.31. The second-order valence-corrected chi connectivity index (χ2v) is 4.45. The van der Waals surface area contributed by atoms with Crippen molar-refractivity contribution in [1.82, 2.24) is 4.90 Å². The second-order valence-electron chi connectivity index (χ2n) is 4.45. The van der Waals surface area contributed by atoms with Crippen molar-refractivity contribution in [3.63, 3.8) is 0 Å². The summed E-state index contributed by atoms with van der Waals surface area (Å²) in [5.41, 5.74) is 2.40. The van der Waals surface area contributed by atoms with Crippen molar-refractivity contribution in [2.45, 2.75) is 32.6 Å². The minimum atomic E-state index is 0.697. The van der Waals surface area contributed by atoms with Crippen molar-refractivity contribution >= 4 is 5.84 Å². The Morgan fingerprint density at radius 3 is 2.31 bits per heavy atom. The topological polar surface area (TPSA) is 27.1 Å². The number of likely N-dealkylation sites (tertiary alicyclic amines) is 1. The molecular weight excluding hydrogens is 196 g/mol. The van der Waals surface area contributed by atoms with Crippen molar-refractivity contribution in [3.8, 4) is 0 Å². The van der Waals surface area contributed by atoms with Gasteiger partial charge in [-0.15, -0.1) is 0 Å². The van der Waals surface area contributed by atoms with E-state index in [-0.39, 0.29) is 0 Å². The van der Waals surface area contributed by atoms with E-state index in [4.69, 9.17) is 5.41 Å².